The van der Waals surface area contributed by atoms with Gasteiger partial charge in [-0.15, -0.1) is 0 Å². The maximum atomic E-state index is 11.1. The largest absolute Gasteiger partial charge is 0.492 e. The fourth-order valence-electron chi connectivity index (χ4n) is 2.11. The Morgan fingerprint density at radius 2 is 2.25 bits per heavy atom. The molecule has 1 fully saturated rings. The number of rotatable bonds is 6. The predicted molar refractivity (Wildman–Crippen MR) is 78.5 cm³/mol. The van der Waals surface area contributed by atoms with Gasteiger partial charge < -0.3 is 10.5 Å². The van der Waals surface area contributed by atoms with Crippen molar-refractivity contribution in [3.05, 3.63) is 28.8 Å². The number of hydrogen-bond donors (Lipinski definition) is 3. The molecule has 1 aromatic carbocycles. The van der Waals surface area contributed by atoms with Crippen molar-refractivity contribution in [2.24, 2.45) is 5.73 Å². The lowest BCUT2D eigenvalue weighted by Gasteiger charge is -2.24. The summed E-state index contributed by atoms with van der Waals surface area (Å²) in [6, 6.07) is 5.82. The van der Waals surface area contributed by atoms with Crippen molar-refractivity contribution in [1.82, 2.24) is 10.9 Å². The number of halogens is 1. The van der Waals surface area contributed by atoms with Crippen LogP contribution in [0.5, 0.6) is 5.75 Å². The highest BCUT2D eigenvalue weighted by atomic mass is 35.5. The predicted octanol–water partition coefficient (Wildman–Crippen LogP) is 1.91. The molecule has 0 bridgehead atoms. The molecule has 1 aromatic rings. The molecule has 20 heavy (non-hydrogen) atoms. The molecule has 0 radical (unpaired) electrons. The van der Waals surface area contributed by atoms with Crippen LogP contribution < -0.4 is 21.3 Å². The molecule has 0 aromatic heterocycles. The molecule has 1 heterocycles. The first-order chi connectivity index (χ1) is 9.70. The van der Waals surface area contributed by atoms with Crippen molar-refractivity contribution in [2.45, 2.75) is 31.7 Å². The Hall–Kier alpha value is -1.30. The summed E-state index contributed by atoms with van der Waals surface area (Å²) in [6.07, 6.45) is 3.15. The number of hydrazine groups is 1. The van der Waals surface area contributed by atoms with E-state index in [0.29, 0.717) is 30.3 Å². The fourth-order valence-corrected chi connectivity index (χ4v) is 2.35. The van der Waals surface area contributed by atoms with E-state index in [4.69, 9.17) is 22.1 Å². The van der Waals surface area contributed by atoms with E-state index >= 15 is 0 Å². The van der Waals surface area contributed by atoms with Crippen molar-refractivity contribution in [2.75, 3.05) is 13.2 Å². The van der Waals surface area contributed by atoms with Crippen LogP contribution in [-0.2, 0) is 4.79 Å². The van der Waals surface area contributed by atoms with Gasteiger partial charge in [-0.25, -0.2) is 5.43 Å². The van der Waals surface area contributed by atoms with Crippen LogP contribution in [0.25, 0.3) is 0 Å². The second-order valence-corrected chi connectivity index (χ2v) is 5.23. The lowest BCUT2D eigenvalue weighted by Crippen LogP contribution is -2.44. The summed E-state index contributed by atoms with van der Waals surface area (Å²) in [5, 5.41) is 0.592. The summed E-state index contributed by atoms with van der Waals surface area (Å²) >= 11 is 6.23. The molecule has 1 atom stereocenters. The molecule has 0 aliphatic carbocycles. The summed E-state index contributed by atoms with van der Waals surface area (Å²) in [7, 11) is 0. The van der Waals surface area contributed by atoms with Crippen LogP contribution in [0.3, 0.4) is 0 Å². The van der Waals surface area contributed by atoms with Gasteiger partial charge in [0, 0.05) is 6.42 Å². The molecule has 4 N–H and O–H groups in total. The Morgan fingerprint density at radius 1 is 1.40 bits per heavy atom. The van der Waals surface area contributed by atoms with Crippen LogP contribution in [0, 0.1) is 0 Å². The Morgan fingerprint density at radius 3 is 2.90 bits per heavy atom. The van der Waals surface area contributed by atoms with E-state index in [9.17, 15) is 4.79 Å². The molecule has 2 rings (SSSR count). The molecular weight excluding hydrogens is 278 g/mol. The minimum Gasteiger partial charge on any atom is -0.492 e. The van der Waals surface area contributed by atoms with Gasteiger partial charge in [-0.1, -0.05) is 17.7 Å². The minimum absolute atomic E-state index is 0.0206. The van der Waals surface area contributed by atoms with Crippen LogP contribution in [0.15, 0.2) is 18.2 Å². The van der Waals surface area contributed by atoms with Crippen molar-refractivity contribution < 1.29 is 9.53 Å². The first-order valence-electron chi connectivity index (χ1n) is 6.87. The molecule has 1 unspecified atom stereocenters. The maximum Gasteiger partial charge on any atom is 0.234 e. The van der Waals surface area contributed by atoms with Gasteiger partial charge in [0.2, 0.25) is 5.91 Å². The number of ether oxygens (including phenoxy) is 1. The van der Waals surface area contributed by atoms with Crippen LogP contribution in [-0.4, -0.2) is 19.1 Å². The van der Waals surface area contributed by atoms with Gasteiger partial charge in [0.05, 0.1) is 17.7 Å². The van der Waals surface area contributed by atoms with Crippen LogP contribution in [0.4, 0.5) is 0 Å². The summed E-state index contributed by atoms with van der Waals surface area (Å²) < 4.78 is 5.62. The summed E-state index contributed by atoms with van der Waals surface area (Å²) in [4.78, 5) is 11.1. The third-order valence-electron chi connectivity index (χ3n) is 3.26. The molecule has 0 saturated carbocycles. The van der Waals surface area contributed by atoms with Gasteiger partial charge in [0.15, 0.2) is 0 Å². The molecule has 5 nitrogen and oxygen atoms in total. The lowest BCUT2D eigenvalue weighted by molar-refractivity contribution is -0.124. The average molecular weight is 298 g/mol. The SMILES string of the molecule is NCCCCOc1ccc(C2CCC(=O)NN2)cc1Cl. The zero-order valence-electron chi connectivity index (χ0n) is 11.3. The molecule has 0 spiro atoms. The third kappa shape index (κ3) is 4.10. The second kappa shape index (κ2) is 7.47. The van der Waals surface area contributed by atoms with Crippen molar-refractivity contribution in [3.63, 3.8) is 0 Å². The first kappa shape index (κ1) is 15.1. The number of nitrogens with one attached hydrogen (secondary N) is 2. The number of benzene rings is 1. The molecule has 110 valence electrons. The van der Waals surface area contributed by atoms with E-state index in [1.54, 1.807) is 0 Å². The monoisotopic (exact) mass is 297 g/mol. The summed E-state index contributed by atoms with van der Waals surface area (Å²) in [6.45, 7) is 1.29. The second-order valence-electron chi connectivity index (χ2n) is 4.82. The Balaban J connectivity index is 1.93. The number of amides is 1. The first-order valence-corrected chi connectivity index (χ1v) is 7.25. The topological polar surface area (TPSA) is 76.4 Å². The van der Waals surface area contributed by atoms with Gasteiger partial charge in [-0.05, 0) is 43.5 Å². The normalized spacial score (nSPS) is 18.7. The van der Waals surface area contributed by atoms with E-state index in [1.165, 1.54) is 0 Å². The average Bonchev–Trinajstić information content (AvgIpc) is 2.46. The smallest absolute Gasteiger partial charge is 0.234 e. The zero-order chi connectivity index (χ0) is 14.4. The number of carbonyl (C=O) groups excluding carboxylic acids is 1. The summed E-state index contributed by atoms with van der Waals surface area (Å²) in [5.74, 6) is 0.708. The van der Waals surface area contributed by atoms with E-state index in [-0.39, 0.29) is 11.9 Å². The van der Waals surface area contributed by atoms with E-state index in [2.05, 4.69) is 10.9 Å². The van der Waals surface area contributed by atoms with E-state index in [0.717, 1.165) is 24.8 Å². The van der Waals surface area contributed by atoms with Crippen LogP contribution in [0.1, 0.15) is 37.3 Å². The Labute approximate surface area is 123 Å². The van der Waals surface area contributed by atoms with E-state index < -0.39 is 0 Å². The standard InChI is InChI=1S/C14H20ClN3O2/c15-11-9-10(12-4-6-14(19)18-17-12)3-5-13(11)20-8-2-1-7-16/h3,5,9,12,17H,1-2,4,6-8,16H2,(H,18,19). The van der Waals surface area contributed by atoms with Gasteiger partial charge in [-0.2, -0.15) is 0 Å². The van der Waals surface area contributed by atoms with Crippen LogP contribution >= 0.6 is 11.6 Å². The van der Waals surface area contributed by atoms with Crippen molar-refractivity contribution in [3.8, 4) is 5.75 Å². The third-order valence-corrected chi connectivity index (χ3v) is 3.56. The number of nitrogens with two attached hydrogens (primary N) is 1. The van der Waals surface area contributed by atoms with Gasteiger partial charge in [0.25, 0.3) is 0 Å². The van der Waals surface area contributed by atoms with Gasteiger partial charge in [0.1, 0.15) is 5.75 Å². The highest BCUT2D eigenvalue weighted by molar-refractivity contribution is 6.32. The number of unbranched alkanes of at least 4 members (excludes halogenated alkanes) is 1. The fraction of sp³-hybridized carbons (Fsp3) is 0.500. The zero-order valence-corrected chi connectivity index (χ0v) is 12.1. The molecule has 1 saturated heterocycles. The summed E-state index contributed by atoms with van der Waals surface area (Å²) in [5.41, 5.74) is 12.1. The molecule has 1 aliphatic rings. The molecule has 6 heteroatoms. The van der Waals surface area contributed by atoms with Crippen molar-refractivity contribution in [1.29, 1.82) is 0 Å². The molecule has 1 aliphatic heterocycles. The quantitative estimate of drug-likeness (QED) is 0.701. The lowest BCUT2D eigenvalue weighted by atomic mass is 10.0. The van der Waals surface area contributed by atoms with E-state index in [1.807, 2.05) is 18.2 Å². The number of carbonyl (C=O) groups is 1. The minimum atomic E-state index is 0.0206. The van der Waals surface area contributed by atoms with Crippen LogP contribution in [0.2, 0.25) is 5.02 Å². The van der Waals surface area contributed by atoms with Gasteiger partial charge in [-0.3, -0.25) is 10.2 Å². The van der Waals surface area contributed by atoms with Crippen molar-refractivity contribution >= 4 is 17.5 Å². The van der Waals surface area contributed by atoms with Gasteiger partial charge >= 0.3 is 0 Å². The Kier molecular flexibility index (Phi) is 5.64. The Bertz CT molecular complexity index is 458. The highest BCUT2D eigenvalue weighted by Gasteiger charge is 2.19. The maximum absolute atomic E-state index is 11.1. The molecular formula is C14H20ClN3O2. The highest BCUT2D eigenvalue weighted by Crippen LogP contribution is 2.30. The molecule has 1 amide bonds. The number of hydrogen-bond acceptors (Lipinski definition) is 4.